The number of rotatable bonds is 3. The molecule has 0 fully saturated rings. The third kappa shape index (κ3) is 2.74. The lowest BCUT2D eigenvalue weighted by molar-refractivity contribution is 0.338. The molecule has 0 radical (unpaired) electrons. The predicted octanol–water partition coefficient (Wildman–Crippen LogP) is 1.04. The molecule has 70 valence electrons. The maximum atomic E-state index is 12.9. The van der Waals surface area contributed by atoms with Crippen LogP contribution in [0.15, 0.2) is 18.2 Å². The summed E-state index contributed by atoms with van der Waals surface area (Å²) in [5.41, 5.74) is 0.531. The Morgan fingerprint density at radius 1 is 1.46 bits per heavy atom. The molecular formula is C9H12BFO2. The van der Waals surface area contributed by atoms with Crippen LogP contribution in [0.2, 0.25) is 6.82 Å². The standard InChI is InChI=1S/C9H12BFO2/c1-3-13-9-5-7(10(2)12)4-8(11)6-9/h4-6,12H,3H2,1-2H3. The van der Waals surface area contributed by atoms with E-state index in [-0.39, 0.29) is 5.82 Å². The maximum absolute atomic E-state index is 12.9. The number of halogens is 1. The van der Waals surface area contributed by atoms with Crippen LogP contribution in [0.4, 0.5) is 4.39 Å². The van der Waals surface area contributed by atoms with E-state index >= 15 is 0 Å². The Kier molecular flexibility index (Phi) is 3.31. The molecule has 0 amide bonds. The molecule has 0 unspecified atom stereocenters. The molecule has 0 aliphatic rings. The van der Waals surface area contributed by atoms with E-state index in [0.29, 0.717) is 17.8 Å². The smallest absolute Gasteiger partial charge is 0.320 e. The molecule has 0 saturated carbocycles. The summed E-state index contributed by atoms with van der Waals surface area (Å²) in [5, 5.41) is 9.22. The monoisotopic (exact) mass is 182 g/mol. The van der Waals surface area contributed by atoms with Crippen LogP contribution in [0, 0.1) is 5.82 Å². The molecule has 0 heterocycles. The molecule has 4 heteroatoms. The van der Waals surface area contributed by atoms with E-state index in [1.54, 1.807) is 12.9 Å². The van der Waals surface area contributed by atoms with Crippen molar-refractivity contribution < 1.29 is 14.2 Å². The largest absolute Gasteiger partial charge is 0.494 e. The lowest BCUT2D eigenvalue weighted by Gasteiger charge is -2.06. The van der Waals surface area contributed by atoms with Crippen molar-refractivity contribution in [2.75, 3.05) is 6.61 Å². The maximum Gasteiger partial charge on any atom is 0.320 e. The summed E-state index contributed by atoms with van der Waals surface area (Å²) in [7, 11) is 0. The van der Waals surface area contributed by atoms with Gasteiger partial charge in [0.25, 0.3) is 0 Å². The van der Waals surface area contributed by atoms with Crippen LogP contribution in [-0.2, 0) is 0 Å². The summed E-state index contributed by atoms with van der Waals surface area (Å²) in [6.45, 7) is 3.23. The Labute approximate surface area is 77.5 Å². The fourth-order valence-corrected chi connectivity index (χ4v) is 1.08. The Hall–Kier alpha value is -1.03. The molecule has 1 aromatic carbocycles. The van der Waals surface area contributed by atoms with Crippen LogP contribution in [-0.4, -0.2) is 18.5 Å². The molecule has 1 rings (SSSR count). The lowest BCUT2D eigenvalue weighted by Crippen LogP contribution is -2.26. The quantitative estimate of drug-likeness (QED) is 0.707. The third-order valence-electron chi connectivity index (χ3n) is 1.69. The van der Waals surface area contributed by atoms with Crippen LogP contribution >= 0.6 is 0 Å². The molecule has 0 spiro atoms. The van der Waals surface area contributed by atoms with Crippen LogP contribution in [0.25, 0.3) is 0 Å². The average molecular weight is 182 g/mol. The summed E-state index contributed by atoms with van der Waals surface area (Å²) < 4.78 is 18.0. The van der Waals surface area contributed by atoms with Crippen molar-refractivity contribution in [2.24, 2.45) is 0 Å². The van der Waals surface area contributed by atoms with Gasteiger partial charge in [0.05, 0.1) is 6.61 Å². The van der Waals surface area contributed by atoms with Crippen molar-refractivity contribution in [1.29, 1.82) is 0 Å². The first-order chi connectivity index (χ1) is 6.13. The van der Waals surface area contributed by atoms with Gasteiger partial charge in [-0.2, -0.15) is 0 Å². The van der Waals surface area contributed by atoms with Gasteiger partial charge in [0.2, 0.25) is 0 Å². The van der Waals surface area contributed by atoms with Crippen molar-refractivity contribution in [3.05, 3.63) is 24.0 Å². The van der Waals surface area contributed by atoms with Crippen molar-refractivity contribution >= 4 is 12.4 Å². The first-order valence-corrected chi connectivity index (χ1v) is 4.25. The van der Waals surface area contributed by atoms with Crippen molar-refractivity contribution in [3.8, 4) is 5.75 Å². The van der Waals surface area contributed by atoms with Crippen molar-refractivity contribution in [3.63, 3.8) is 0 Å². The third-order valence-corrected chi connectivity index (χ3v) is 1.69. The molecule has 13 heavy (non-hydrogen) atoms. The second kappa shape index (κ2) is 4.28. The normalized spacial score (nSPS) is 9.85. The van der Waals surface area contributed by atoms with Crippen LogP contribution in [0.5, 0.6) is 5.75 Å². The fourth-order valence-electron chi connectivity index (χ4n) is 1.08. The Morgan fingerprint density at radius 3 is 2.69 bits per heavy atom. The topological polar surface area (TPSA) is 29.5 Å². The van der Waals surface area contributed by atoms with Gasteiger partial charge in [-0.15, -0.1) is 0 Å². The zero-order valence-electron chi connectivity index (χ0n) is 7.75. The van der Waals surface area contributed by atoms with Crippen LogP contribution < -0.4 is 10.2 Å². The van der Waals surface area contributed by atoms with Gasteiger partial charge in [-0.25, -0.2) is 4.39 Å². The summed E-state index contributed by atoms with van der Waals surface area (Å²) in [6, 6.07) is 4.24. The van der Waals surface area contributed by atoms with E-state index in [9.17, 15) is 9.41 Å². The molecule has 0 bridgehead atoms. The summed E-state index contributed by atoms with van der Waals surface area (Å²) in [5.74, 6) is 0.0697. The molecular weight excluding hydrogens is 170 g/mol. The summed E-state index contributed by atoms with van der Waals surface area (Å²) >= 11 is 0. The second-order valence-corrected chi connectivity index (χ2v) is 2.83. The minimum absolute atomic E-state index is 0.387. The molecule has 1 N–H and O–H groups in total. The Balaban J connectivity index is 2.96. The van der Waals surface area contributed by atoms with Gasteiger partial charge >= 0.3 is 6.92 Å². The van der Waals surface area contributed by atoms with E-state index in [1.165, 1.54) is 12.1 Å². The van der Waals surface area contributed by atoms with Gasteiger partial charge in [-0.05, 0) is 24.5 Å². The second-order valence-electron chi connectivity index (χ2n) is 2.83. The van der Waals surface area contributed by atoms with E-state index in [0.717, 1.165) is 0 Å². The average Bonchev–Trinajstić information content (AvgIpc) is 2.03. The molecule has 2 nitrogen and oxygen atoms in total. The Morgan fingerprint density at radius 2 is 2.15 bits per heavy atom. The first kappa shape index (κ1) is 10.1. The van der Waals surface area contributed by atoms with Gasteiger partial charge in [0.15, 0.2) is 0 Å². The van der Waals surface area contributed by atoms with Gasteiger partial charge in [0, 0.05) is 6.07 Å². The van der Waals surface area contributed by atoms with E-state index in [4.69, 9.17) is 4.74 Å². The number of hydrogen-bond acceptors (Lipinski definition) is 2. The van der Waals surface area contributed by atoms with Gasteiger partial charge < -0.3 is 9.76 Å². The minimum Gasteiger partial charge on any atom is -0.494 e. The van der Waals surface area contributed by atoms with Crippen LogP contribution in [0.3, 0.4) is 0 Å². The van der Waals surface area contributed by atoms with E-state index in [2.05, 4.69) is 0 Å². The molecule has 0 saturated heterocycles. The molecule has 0 aliphatic carbocycles. The first-order valence-electron chi connectivity index (χ1n) is 4.25. The van der Waals surface area contributed by atoms with Crippen LogP contribution in [0.1, 0.15) is 6.92 Å². The molecule has 0 aliphatic heterocycles. The molecule has 0 atom stereocenters. The molecule has 0 aromatic heterocycles. The lowest BCUT2D eigenvalue weighted by atomic mass is 9.64. The van der Waals surface area contributed by atoms with Crippen molar-refractivity contribution in [1.82, 2.24) is 0 Å². The van der Waals surface area contributed by atoms with Gasteiger partial charge in [-0.3, -0.25) is 0 Å². The number of ether oxygens (including phenoxy) is 1. The predicted molar refractivity (Wildman–Crippen MR) is 51.0 cm³/mol. The summed E-state index contributed by atoms with van der Waals surface area (Å²) in [4.78, 5) is 0. The Bertz CT molecular complexity index is 289. The minimum atomic E-state index is -0.671. The van der Waals surface area contributed by atoms with E-state index in [1.807, 2.05) is 6.92 Å². The molecule has 1 aromatic rings. The van der Waals surface area contributed by atoms with Gasteiger partial charge in [0.1, 0.15) is 11.6 Å². The fraction of sp³-hybridized carbons (Fsp3) is 0.333. The van der Waals surface area contributed by atoms with Crippen molar-refractivity contribution in [2.45, 2.75) is 13.7 Å². The zero-order chi connectivity index (χ0) is 9.84. The number of hydrogen-bond donors (Lipinski definition) is 1. The highest BCUT2D eigenvalue weighted by atomic mass is 19.1. The summed E-state index contributed by atoms with van der Waals surface area (Å²) in [6.07, 6.45) is 0. The highest BCUT2D eigenvalue weighted by Gasteiger charge is 2.09. The highest BCUT2D eigenvalue weighted by molar-refractivity contribution is 6.64. The highest BCUT2D eigenvalue weighted by Crippen LogP contribution is 2.10. The SMILES string of the molecule is CCOc1cc(F)cc(B(C)O)c1. The van der Waals surface area contributed by atoms with E-state index < -0.39 is 6.92 Å². The zero-order valence-corrected chi connectivity index (χ0v) is 7.75. The van der Waals surface area contributed by atoms with Gasteiger partial charge in [-0.1, -0.05) is 6.82 Å². The number of benzene rings is 1.